The molecule has 4 nitrogen and oxygen atoms in total. The van der Waals surface area contributed by atoms with Crippen LogP contribution >= 0.6 is 0 Å². The Kier molecular flexibility index (Phi) is 5.90. The minimum atomic E-state index is -3.96. The second-order valence-corrected chi connectivity index (χ2v) is 11.5. The van der Waals surface area contributed by atoms with E-state index in [0.717, 1.165) is 15.0 Å². The molecule has 5 heteroatoms. The van der Waals surface area contributed by atoms with Gasteiger partial charge < -0.3 is 0 Å². The third-order valence-electron chi connectivity index (χ3n) is 4.79. The third kappa shape index (κ3) is 3.65. The van der Waals surface area contributed by atoms with Gasteiger partial charge in [-0.1, -0.05) is 0 Å². The molecule has 0 heterocycles. The van der Waals surface area contributed by atoms with Gasteiger partial charge in [-0.2, -0.15) is 0 Å². The van der Waals surface area contributed by atoms with Gasteiger partial charge in [-0.05, 0) is 0 Å². The summed E-state index contributed by atoms with van der Waals surface area (Å²) in [7, 11) is 0. The first-order chi connectivity index (χ1) is 10.8. The van der Waals surface area contributed by atoms with Crippen LogP contribution < -0.4 is 0 Å². The van der Waals surface area contributed by atoms with Crippen LogP contribution in [0.25, 0.3) is 0 Å². The zero-order valence-electron chi connectivity index (χ0n) is 16.0. The van der Waals surface area contributed by atoms with Crippen molar-refractivity contribution in [1.29, 1.82) is 0 Å². The summed E-state index contributed by atoms with van der Waals surface area (Å²) in [5, 5.41) is 1.79. The van der Waals surface area contributed by atoms with Gasteiger partial charge in [-0.25, -0.2) is 0 Å². The number of carbonyl (C=O) groups is 2. The molecule has 0 bridgehead atoms. The summed E-state index contributed by atoms with van der Waals surface area (Å²) in [6, 6.07) is 0. The molecule has 0 aromatic carbocycles. The van der Waals surface area contributed by atoms with Crippen molar-refractivity contribution < 1.29 is 33.6 Å². The monoisotopic (exact) mass is 368 g/mol. The van der Waals surface area contributed by atoms with Crippen LogP contribution in [0.4, 0.5) is 0 Å². The summed E-state index contributed by atoms with van der Waals surface area (Å²) in [6.45, 7) is 20.7. The molecule has 0 spiro atoms. The van der Waals surface area contributed by atoms with Crippen LogP contribution in [0.2, 0.25) is 5.23 Å². The number of rotatable bonds is 5. The van der Waals surface area contributed by atoms with Crippen LogP contribution in [-0.2, 0) is 33.6 Å². The van der Waals surface area contributed by atoms with Crippen LogP contribution in [0.15, 0.2) is 44.9 Å². The fourth-order valence-corrected chi connectivity index (χ4v) is 8.61. The van der Waals surface area contributed by atoms with Gasteiger partial charge in [0, 0.05) is 0 Å². The normalized spacial score (nSPS) is 17.0. The van der Waals surface area contributed by atoms with Gasteiger partial charge in [0.05, 0.1) is 0 Å². The summed E-state index contributed by atoms with van der Waals surface area (Å²) in [5.74, 6) is -1.05. The average molecular weight is 368 g/mol. The Bertz CT molecular complexity index is 664. The SMILES string of the molecule is C=C(C)C(=O)[O][Ti]([CH3])([O]C(=O)C(=C)C)[C]1=C(C)C(C)=C(C)C1(C)C. The molecule has 0 aromatic heterocycles. The van der Waals surface area contributed by atoms with Crippen molar-refractivity contribution >= 4 is 11.9 Å². The Morgan fingerprint density at radius 1 is 0.917 bits per heavy atom. The van der Waals surface area contributed by atoms with E-state index in [-0.39, 0.29) is 16.6 Å². The van der Waals surface area contributed by atoms with E-state index < -0.39 is 29.3 Å². The standard InChI is InChI=1S/C10H15.2C4H6O2.CH3.Ti/c1-7-6-10(4,5)9(3)8(7)2;2*1-3(2)4(5)6;;/h1-5H3;2*1H2,2H3,(H,5,6);1H3;/q;;;;+2/p-2. The van der Waals surface area contributed by atoms with Gasteiger partial charge in [0.1, 0.15) is 0 Å². The minimum absolute atomic E-state index is 0.286. The van der Waals surface area contributed by atoms with Crippen LogP contribution in [0, 0.1) is 5.41 Å². The molecule has 0 saturated carbocycles. The quantitative estimate of drug-likeness (QED) is 0.511. The van der Waals surface area contributed by atoms with Crippen LogP contribution in [0.3, 0.4) is 0 Å². The summed E-state index contributed by atoms with van der Waals surface area (Å²) in [5.41, 5.74) is 3.65. The molecule has 0 amide bonds. The number of hydrogen-bond acceptors (Lipinski definition) is 4. The van der Waals surface area contributed by atoms with Crippen molar-refractivity contribution in [2.75, 3.05) is 0 Å². The second kappa shape index (κ2) is 6.85. The molecule has 24 heavy (non-hydrogen) atoms. The van der Waals surface area contributed by atoms with E-state index in [4.69, 9.17) is 6.64 Å². The maximum absolute atomic E-state index is 12.2. The topological polar surface area (TPSA) is 52.6 Å². The van der Waals surface area contributed by atoms with E-state index >= 15 is 0 Å². The van der Waals surface area contributed by atoms with Gasteiger partial charge in [-0.15, -0.1) is 0 Å². The fourth-order valence-electron chi connectivity index (χ4n) is 3.15. The zero-order valence-corrected chi connectivity index (χ0v) is 17.6. The predicted octanol–water partition coefficient (Wildman–Crippen LogP) is 4.91. The van der Waals surface area contributed by atoms with Crippen LogP contribution in [0.1, 0.15) is 48.5 Å². The first kappa shape index (κ1) is 20.7. The van der Waals surface area contributed by atoms with E-state index in [0.29, 0.717) is 0 Å². The van der Waals surface area contributed by atoms with E-state index in [1.54, 1.807) is 19.1 Å². The van der Waals surface area contributed by atoms with Crippen molar-refractivity contribution in [2.45, 2.75) is 53.7 Å². The van der Waals surface area contributed by atoms with Crippen LogP contribution in [-0.4, -0.2) is 11.9 Å². The molecule has 1 aliphatic carbocycles. The van der Waals surface area contributed by atoms with E-state index in [1.807, 2.05) is 13.8 Å². The Morgan fingerprint density at radius 2 is 1.29 bits per heavy atom. The molecule has 0 saturated heterocycles. The molecule has 0 aliphatic heterocycles. The van der Waals surface area contributed by atoms with Crippen molar-refractivity contribution in [3.05, 3.63) is 44.9 Å². The second-order valence-electron chi connectivity index (χ2n) is 7.16. The van der Waals surface area contributed by atoms with E-state index in [9.17, 15) is 9.59 Å². The summed E-state index contributed by atoms with van der Waals surface area (Å²) in [6.07, 6.45) is 0. The number of carbonyl (C=O) groups excluding carboxylic acids is 2. The number of allylic oxidation sites excluding steroid dienone is 4. The molecule has 0 aromatic rings. The van der Waals surface area contributed by atoms with Crippen molar-refractivity contribution in [3.63, 3.8) is 0 Å². The van der Waals surface area contributed by atoms with Gasteiger partial charge in [0.25, 0.3) is 0 Å². The summed E-state index contributed by atoms with van der Waals surface area (Å²) >= 11 is -3.96. The molecule has 0 fully saturated rings. The Balaban J connectivity index is 3.49. The molecule has 1 aliphatic rings. The number of hydrogen-bond donors (Lipinski definition) is 0. The van der Waals surface area contributed by atoms with Gasteiger partial charge >= 0.3 is 150 Å². The molecule has 0 N–H and O–H groups in total. The van der Waals surface area contributed by atoms with Crippen molar-refractivity contribution in [1.82, 2.24) is 0 Å². The first-order valence-electron chi connectivity index (χ1n) is 7.93. The summed E-state index contributed by atoms with van der Waals surface area (Å²) in [4.78, 5) is 24.4. The molecule has 0 unspecified atom stereocenters. The predicted molar refractivity (Wildman–Crippen MR) is 92.5 cm³/mol. The van der Waals surface area contributed by atoms with Crippen LogP contribution in [0.5, 0.6) is 0 Å². The molecule has 132 valence electrons. The third-order valence-corrected chi connectivity index (χ3v) is 9.56. The Morgan fingerprint density at radius 3 is 1.54 bits per heavy atom. The fraction of sp³-hybridized carbons (Fsp3) is 0.474. The van der Waals surface area contributed by atoms with Gasteiger partial charge in [-0.3, -0.25) is 0 Å². The summed E-state index contributed by atoms with van der Waals surface area (Å²) < 4.78 is 12.5. The van der Waals surface area contributed by atoms with E-state index in [1.165, 1.54) is 5.57 Å². The Hall–Kier alpha value is -1.39. The molecule has 0 radical (unpaired) electrons. The van der Waals surface area contributed by atoms with Crippen molar-refractivity contribution in [3.8, 4) is 0 Å². The molecular formula is C19H28O4Ti. The average Bonchev–Trinajstić information content (AvgIpc) is 2.58. The molecule has 1 rings (SSSR count). The zero-order chi connectivity index (χ0) is 19.0. The molecular weight excluding hydrogens is 340 g/mol. The van der Waals surface area contributed by atoms with Gasteiger partial charge in [0.15, 0.2) is 0 Å². The van der Waals surface area contributed by atoms with E-state index in [2.05, 4.69) is 33.9 Å². The maximum atomic E-state index is 12.2. The van der Waals surface area contributed by atoms with Gasteiger partial charge in [0.2, 0.25) is 0 Å². The Labute approximate surface area is 149 Å². The van der Waals surface area contributed by atoms with Crippen molar-refractivity contribution in [2.24, 2.45) is 5.41 Å². The molecule has 0 atom stereocenters. The first-order valence-corrected chi connectivity index (χ1v) is 11.5.